The van der Waals surface area contributed by atoms with Crippen molar-refractivity contribution in [3.05, 3.63) is 64.4 Å². The molecule has 94 valence electrons. The van der Waals surface area contributed by atoms with E-state index in [-0.39, 0.29) is 11.9 Å². The van der Waals surface area contributed by atoms with E-state index in [1.54, 1.807) is 31.4 Å². The number of nitrogens with two attached hydrogens (primary N) is 1. The molecule has 0 saturated heterocycles. The number of hydrogen-bond acceptors (Lipinski definition) is 2. The number of methoxy groups -OCH3 is 1. The summed E-state index contributed by atoms with van der Waals surface area (Å²) in [7, 11) is 1.55. The highest BCUT2D eigenvalue weighted by atomic mass is 35.5. The van der Waals surface area contributed by atoms with Gasteiger partial charge in [0.1, 0.15) is 11.6 Å². The summed E-state index contributed by atoms with van der Waals surface area (Å²) in [5.41, 5.74) is 7.82. The highest BCUT2D eigenvalue weighted by molar-refractivity contribution is 6.32. The monoisotopic (exact) mass is 265 g/mol. The van der Waals surface area contributed by atoms with Crippen molar-refractivity contribution in [2.75, 3.05) is 7.11 Å². The maximum absolute atomic E-state index is 12.8. The lowest BCUT2D eigenvalue weighted by Crippen LogP contribution is -2.11. The van der Waals surface area contributed by atoms with E-state index in [1.807, 2.05) is 6.07 Å². The number of rotatable bonds is 3. The van der Waals surface area contributed by atoms with E-state index >= 15 is 0 Å². The second kappa shape index (κ2) is 5.38. The molecule has 0 amide bonds. The third kappa shape index (κ3) is 2.63. The summed E-state index contributed by atoms with van der Waals surface area (Å²) in [5.74, 6) is 0.298. The Hall–Kier alpha value is -1.58. The average Bonchev–Trinajstić information content (AvgIpc) is 2.39. The third-order valence-electron chi connectivity index (χ3n) is 2.76. The molecule has 0 fully saturated rings. The van der Waals surface area contributed by atoms with E-state index in [1.165, 1.54) is 12.1 Å². The minimum absolute atomic E-state index is 0.278. The molecule has 2 rings (SSSR count). The first-order chi connectivity index (χ1) is 8.61. The van der Waals surface area contributed by atoms with Crippen LogP contribution in [0.25, 0.3) is 0 Å². The van der Waals surface area contributed by atoms with Gasteiger partial charge in [-0.25, -0.2) is 4.39 Å². The summed E-state index contributed by atoms with van der Waals surface area (Å²) >= 11 is 5.95. The summed E-state index contributed by atoms with van der Waals surface area (Å²) < 4.78 is 18.0. The zero-order valence-corrected chi connectivity index (χ0v) is 10.6. The first-order valence-corrected chi connectivity index (χ1v) is 5.84. The second-order valence-corrected chi connectivity index (χ2v) is 4.33. The highest BCUT2D eigenvalue weighted by Gasteiger charge is 2.11. The quantitative estimate of drug-likeness (QED) is 0.921. The summed E-state index contributed by atoms with van der Waals surface area (Å²) in [4.78, 5) is 0. The van der Waals surface area contributed by atoms with Crippen LogP contribution < -0.4 is 10.5 Å². The number of halogens is 2. The standard InChI is InChI=1S/C14H13ClFNO/c1-18-13-8-10(4-7-12(13)15)14(17)9-2-5-11(16)6-3-9/h2-8,14H,17H2,1H3. The first-order valence-electron chi connectivity index (χ1n) is 5.46. The SMILES string of the molecule is COc1cc(C(N)c2ccc(F)cc2)ccc1Cl. The number of ether oxygens (including phenoxy) is 1. The molecule has 2 aromatic rings. The average molecular weight is 266 g/mol. The molecular weight excluding hydrogens is 253 g/mol. The van der Waals surface area contributed by atoms with Crippen molar-refractivity contribution in [1.29, 1.82) is 0 Å². The van der Waals surface area contributed by atoms with E-state index in [4.69, 9.17) is 22.1 Å². The molecule has 0 aromatic heterocycles. The van der Waals surface area contributed by atoms with Gasteiger partial charge in [0.15, 0.2) is 0 Å². The van der Waals surface area contributed by atoms with Crippen molar-refractivity contribution in [3.8, 4) is 5.75 Å². The van der Waals surface area contributed by atoms with Gasteiger partial charge in [-0.05, 0) is 35.4 Å². The molecular formula is C14H13ClFNO. The molecule has 2 nitrogen and oxygen atoms in total. The van der Waals surface area contributed by atoms with Gasteiger partial charge in [0.2, 0.25) is 0 Å². The van der Waals surface area contributed by atoms with Crippen LogP contribution in [0.2, 0.25) is 5.02 Å². The predicted octanol–water partition coefficient (Wildman–Crippen LogP) is 3.54. The Kier molecular flexibility index (Phi) is 3.84. The molecule has 18 heavy (non-hydrogen) atoms. The molecule has 0 aliphatic carbocycles. The van der Waals surface area contributed by atoms with Gasteiger partial charge in [0, 0.05) is 0 Å². The Balaban J connectivity index is 2.33. The molecule has 0 heterocycles. The molecule has 0 bridgehead atoms. The van der Waals surface area contributed by atoms with E-state index in [0.717, 1.165) is 11.1 Å². The van der Waals surface area contributed by atoms with Crippen LogP contribution in [-0.2, 0) is 0 Å². The maximum atomic E-state index is 12.8. The minimum atomic E-state index is -0.336. The van der Waals surface area contributed by atoms with Gasteiger partial charge >= 0.3 is 0 Å². The normalized spacial score (nSPS) is 12.2. The molecule has 1 unspecified atom stereocenters. The lowest BCUT2D eigenvalue weighted by molar-refractivity contribution is 0.414. The largest absolute Gasteiger partial charge is 0.495 e. The summed E-state index contributed by atoms with van der Waals surface area (Å²) in [5, 5.41) is 0.535. The lowest BCUT2D eigenvalue weighted by atomic mass is 9.99. The van der Waals surface area contributed by atoms with Crippen LogP contribution in [0.4, 0.5) is 4.39 Å². The zero-order valence-electron chi connectivity index (χ0n) is 9.86. The topological polar surface area (TPSA) is 35.2 Å². The zero-order chi connectivity index (χ0) is 13.1. The molecule has 0 aliphatic rings. The molecule has 1 atom stereocenters. The number of hydrogen-bond donors (Lipinski definition) is 1. The van der Waals surface area contributed by atoms with Crippen LogP contribution in [0.3, 0.4) is 0 Å². The van der Waals surface area contributed by atoms with E-state index in [0.29, 0.717) is 10.8 Å². The van der Waals surface area contributed by atoms with E-state index in [9.17, 15) is 4.39 Å². The number of benzene rings is 2. The van der Waals surface area contributed by atoms with Crippen molar-refractivity contribution < 1.29 is 9.13 Å². The third-order valence-corrected chi connectivity index (χ3v) is 3.08. The van der Waals surface area contributed by atoms with Crippen LogP contribution in [0, 0.1) is 5.82 Å². The fourth-order valence-electron chi connectivity index (χ4n) is 1.73. The van der Waals surface area contributed by atoms with Gasteiger partial charge < -0.3 is 10.5 Å². The molecule has 0 aliphatic heterocycles. The maximum Gasteiger partial charge on any atom is 0.137 e. The Morgan fingerprint density at radius 1 is 1.11 bits per heavy atom. The Morgan fingerprint density at radius 2 is 1.72 bits per heavy atom. The van der Waals surface area contributed by atoms with Crippen molar-refractivity contribution >= 4 is 11.6 Å². The Labute approximate surface area is 110 Å². The summed E-state index contributed by atoms with van der Waals surface area (Å²) in [6.07, 6.45) is 0. The minimum Gasteiger partial charge on any atom is -0.495 e. The van der Waals surface area contributed by atoms with Crippen molar-refractivity contribution in [1.82, 2.24) is 0 Å². The Morgan fingerprint density at radius 3 is 2.33 bits per heavy atom. The predicted molar refractivity (Wildman–Crippen MR) is 70.4 cm³/mol. The first kappa shape index (κ1) is 12.9. The van der Waals surface area contributed by atoms with Crippen molar-refractivity contribution in [2.24, 2.45) is 5.73 Å². The Bertz CT molecular complexity index is 542. The van der Waals surface area contributed by atoms with E-state index < -0.39 is 0 Å². The van der Waals surface area contributed by atoms with Crippen LogP contribution in [-0.4, -0.2) is 7.11 Å². The highest BCUT2D eigenvalue weighted by Crippen LogP contribution is 2.29. The molecule has 2 N–H and O–H groups in total. The van der Waals surface area contributed by atoms with Gasteiger partial charge in [0.05, 0.1) is 18.2 Å². The smallest absolute Gasteiger partial charge is 0.137 e. The van der Waals surface area contributed by atoms with Crippen molar-refractivity contribution in [2.45, 2.75) is 6.04 Å². The molecule has 0 spiro atoms. The lowest BCUT2D eigenvalue weighted by Gasteiger charge is -2.14. The van der Waals surface area contributed by atoms with Crippen LogP contribution in [0.15, 0.2) is 42.5 Å². The molecule has 0 radical (unpaired) electrons. The van der Waals surface area contributed by atoms with Gasteiger partial charge in [-0.3, -0.25) is 0 Å². The van der Waals surface area contributed by atoms with Gasteiger partial charge in [-0.1, -0.05) is 29.8 Å². The van der Waals surface area contributed by atoms with Gasteiger partial charge in [0.25, 0.3) is 0 Å². The second-order valence-electron chi connectivity index (χ2n) is 3.92. The molecule has 0 saturated carbocycles. The molecule has 2 aromatic carbocycles. The van der Waals surface area contributed by atoms with Crippen LogP contribution in [0.5, 0.6) is 5.75 Å². The fourth-order valence-corrected chi connectivity index (χ4v) is 1.93. The van der Waals surface area contributed by atoms with Crippen LogP contribution in [0.1, 0.15) is 17.2 Å². The summed E-state index contributed by atoms with van der Waals surface area (Å²) in [6.45, 7) is 0. The van der Waals surface area contributed by atoms with Gasteiger partial charge in [-0.15, -0.1) is 0 Å². The van der Waals surface area contributed by atoms with Gasteiger partial charge in [-0.2, -0.15) is 0 Å². The molecule has 4 heteroatoms. The van der Waals surface area contributed by atoms with E-state index in [2.05, 4.69) is 0 Å². The summed E-state index contributed by atoms with van der Waals surface area (Å²) in [6, 6.07) is 11.1. The van der Waals surface area contributed by atoms with Crippen molar-refractivity contribution in [3.63, 3.8) is 0 Å². The fraction of sp³-hybridized carbons (Fsp3) is 0.143. The van der Waals surface area contributed by atoms with Crippen LogP contribution >= 0.6 is 11.6 Å².